The van der Waals surface area contributed by atoms with Gasteiger partial charge in [0.05, 0.1) is 11.0 Å². The molecule has 135 valence electrons. The summed E-state index contributed by atoms with van der Waals surface area (Å²) in [6, 6.07) is 20.0. The molecule has 27 heavy (non-hydrogen) atoms. The molecule has 0 saturated heterocycles. The van der Waals surface area contributed by atoms with E-state index >= 15 is 0 Å². The Balaban J connectivity index is 2.04. The Bertz CT molecular complexity index is 1160. The van der Waals surface area contributed by atoms with Gasteiger partial charge in [0.15, 0.2) is 0 Å². The van der Waals surface area contributed by atoms with Crippen molar-refractivity contribution in [2.45, 2.75) is 33.7 Å². The third-order valence-electron chi connectivity index (χ3n) is 5.15. The summed E-state index contributed by atoms with van der Waals surface area (Å²) in [6.45, 7) is 7.12. The molecule has 0 fully saturated rings. The lowest BCUT2D eigenvalue weighted by Crippen LogP contribution is -2.11. The van der Waals surface area contributed by atoms with Gasteiger partial charge in [0.25, 0.3) is 0 Å². The molecule has 3 aromatic carbocycles. The van der Waals surface area contributed by atoms with Gasteiger partial charge in [-0.3, -0.25) is 4.79 Å². The lowest BCUT2D eigenvalue weighted by atomic mass is 10.0. The molecule has 0 unspecified atom stereocenters. The molecule has 3 heteroatoms. The lowest BCUT2D eigenvalue weighted by molar-refractivity contribution is 0.100. The van der Waals surface area contributed by atoms with E-state index in [0.29, 0.717) is 5.56 Å². The Labute approximate surface area is 159 Å². The second-order valence-corrected chi connectivity index (χ2v) is 7.27. The minimum atomic E-state index is -0.404. The molecular formula is C24H23N2O. The van der Waals surface area contributed by atoms with Crippen LogP contribution in [-0.2, 0) is 13.0 Å². The predicted molar refractivity (Wildman–Crippen MR) is 111 cm³/mol. The van der Waals surface area contributed by atoms with Gasteiger partial charge in [-0.15, -0.1) is 0 Å². The normalized spacial score (nSPS) is 11.4. The summed E-state index contributed by atoms with van der Waals surface area (Å²) in [7, 11) is 0. The molecule has 1 aromatic heterocycles. The van der Waals surface area contributed by atoms with Crippen LogP contribution in [0.15, 0.2) is 48.5 Å². The average molecular weight is 355 g/mol. The van der Waals surface area contributed by atoms with Crippen LogP contribution in [0.1, 0.15) is 39.5 Å². The van der Waals surface area contributed by atoms with Crippen LogP contribution < -0.4 is 5.73 Å². The number of aromatic nitrogens is 1. The van der Waals surface area contributed by atoms with Crippen LogP contribution in [0.25, 0.3) is 21.8 Å². The number of nitrogens with zero attached hydrogens (tertiary/aromatic N) is 1. The molecule has 0 aliphatic heterocycles. The van der Waals surface area contributed by atoms with Gasteiger partial charge in [-0.05, 0) is 55.7 Å². The summed E-state index contributed by atoms with van der Waals surface area (Å²) in [5.41, 5.74) is 13.3. The van der Waals surface area contributed by atoms with Crippen LogP contribution in [0, 0.1) is 19.9 Å². The molecule has 0 spiro atoms. The number of carbonyl (C=O) groups excluding carboxylic acids is 1. The third kappa shape index (κ3) is 2.99. The Morgan fingerprint density at radius 2 is 1.78 bits per heavy atom. The van der Waals surface area contributed by atoms with Crippen LogP contribution in [0.2, 0.25) is 0 Å². The van der Waals surface area contributed by atoms with Gasteiger partial charge in [0.2, 0.25) is 5.91 Å². The molecule has 1 amide bonds. The number of benzene rings is 3. The maximum Gasteiger partial charge on any atom is 0.249 e. The van der Waals surface area contributed by atoms with Crippen molar-refractivity contribution in [2.24, 2.45) is 5.73 Å². The molecule has 4 rings (SSSR count). The first kappa shape index (κ1) is 17.3. The molecule has 1 heterocycles. The number of fused-ring (bicyclic) bond motifs is 3. The average Bonchev–Trinajstić information content (AvgIpc) is 2.94. The number of hydrogen-bond acceptors (Lipinski definition) is 1. The molecular weight excluding hydrogens is 332 g/mol. The largest absolute Gasteiger partial charge is 0.366 e. The predicted octanol–water partition coefficient (Wildman–Crippen LogP) is 4.92. The summed E-state index contributed by atoms with van der Waals surface area (Å²) in [6.07, 6.45) is 0.945. The summed E-state index contributed by atoms with van der Waals surface area (Å²) >= 11 is 0. The molecule has 2 N–H and O–H groups in total. The number of primary amides is 1. The van der Waals surface area contributed by atoms with Crippen molar-refractivity contribution < 1.29 is 4.79 Å². The van der Waals surface area contributed by atoms with Crippen molar-refractivity contribution in [1.82, 2.24) is 4.57 Å². The second kappa shape index (κ2) is 6.58. The van der Waals surface area contributed by atoms with Crippen LogP contribution >= 0.6 is 0 Å². The van der Waals surface area contributed by atoms with Gasteiger partial charge in [-0.25, -0.2) is 0 Å². The van der Waals surface area contributed by atoms with Crippen molar-refractivity contribution >= 4 is 27.7 Å². The standard InChI is InChI=1S/C24H23N2O/c1-4-17-8-9-19-22(13-17)26(14-18-11-15(2)10-16(3)12-18)21-7-5-6-20(23(19)21)24(25)27/h5-8,10-13H,4,14H2,1-3H3,(H2,25,27). The van der Waals surface area contributed by atoms with Gasteiger partial charge in [-0.2, -0.15) is 0 Å². The minimum Gasteiger partial charge on any atom is -0.366 e. The number of rotatable bonds is 4. The summed E-state index contributed by atoms with van der Waals surface area (Å²) in [4.78, 5) is 12.0. The molecule has 0 bridgehead atoms. The number of nitrogens with two attached hydrogens (primary N) is 1. The van der Waals surface area contributed by atoms with Crippen molar-refractivity contribution in [1.29, 1.82) is 0 Å². The molecule has 0 aliphatic carbocycles. The topological polar surface area (TPSA) is 48.0 Å². The van der Waals surface area contributed by atoms with Gasteiger partial charge in [-0.1, -0.05) is 48.4 Å². The van der Waals surface area contributed by atoms with Crippen molar-refractivity contribution in [2.75, 3.05) is 0 Å². The fourth-order valence-electron chi connectivity index (χ4n) is 4.02. The number of hydrogen-bond donors (Lipinski definition) is 1. The monoisotopic (exact) mass is 355 g/mol. The Kier molecular flexibility index (Phi) is 4.23. The minimum absolute atomic E-state index is 0.404. The van der Waals surface area contributed by atoms with Crippen molar-refractivity contribution in [3.05, 3.63) is 82.4 Å². The zero-order chi connectivity index (χ0) is 19.1. The SMILES string of the molecule is CCc1c[c]c2c3c(C(N)=O)cccc3n(Cc3cc(C)cc(C)c3)c2c1. The van der Waals surface area contributed by atoms with E-state index in [-0.39, 0.29) is 0 Å². The first-order valence-electron chi connectivity index (χ1n) is 9.30. The highest BCUT2D eigenvalue weighted by atomic mass is 16.1. The number of aryl methyl sites for hydroxylation is 3. The maximum atomic E-state index is 12.0. The quantitative estimate of drug-likeness (QED) is 0.555. The highest BCUT2D eigenvalue weighted by Crippen LogP contribution is 2.33. The van der Waals surface area contributed by atoms with Crippen molar-refractivity contribution in [3.8, 4) is 0 Å². The number of amides is 1. The summed E-state index contributed by atoms with van der Waals surface area (Å²) in [5, 5.41) is 1.85. The third-order valence-corrected chi connectivity index (χ3v) is 5.15. The lowest BCUT2D eigenvalue weighted by Gasteiger charge is -2.10. The van der Waals surface area contributed by atoms with Crippen LogP contribution in [0.3, 0.4) is 0 Å². The van der Waals surface area contributed by atoms with Crippen molar-refractivity contribution in [3.63, 3.8) is 0 Å². The van der Waals surface area contributed by atoms with Crippen LogP contribution in [0.4, 0.5) is 0 Å². The van der Waals surface area contributed by atoms with Crippen LogP contribution in [-0.4, -0.2) is 10.5 Å². The molecule has 0 aliphatic rings. The molecule has 0 atom stereocenters. The first-order chi connectivity index (χ1) is 13.0. The van der Waals surface area contributed by atoms with E-state index in [1.165, 1.54) is 22.3 Å². The van der Waals surface area contributed by atoms with E-state index in [1.54, 1.807) is 6.07 Å². The van der Waals surface area contributed by atoms with Gasteiger partial charge < -0.3 is 10.3 Å². The zero-order valence-corrected chi connectivity index (χ0v) is 16.0. The Hall–Kier alpha value is -3.07. The molecule has 1 radical (unpaired) electrons. The Morgan fingerprint density at radius 3 is 2.44 bits per heavy atom. The first-order valence-corrected chi connectivity index (χ1v) is 9.30. The smallest absolute Gasteiger partial charge is 0.249 e. The molecule has 3 nitrogen and oxygen atoms in total. The van der Waals surface area contributed by atoms with Gasteiger partial charge in [0, 0.05) is 22.9 Å². The van der Waals surface area contributed by atoms with E-state index in [2.05, 4.69) is 61.7 Å². The van der Waals surface area contributed by atoms with Crippen LogP contribution in [0.5, 0.6) is 0 Å². The van der Waals surface area contributed by atoms with Gasteiger partial charge in [0.1, 0.15) is 0 Å². The van der Waals surface area contributed by atoms with E-state index in [9.17, 15) is 4.79 Å². The molecule has 0 saturated carbocycles. The zero-order valence-electron chi connectivity index (χ0n) is 16.0. The fourth-order valence-corrected chi connectivity index (χ4v) is 4.02. The highest BCUT2D eigenvalue weighted by molar-refractivity contribution is 6.17. The van der Waals surface area contributed by atoms with E-state index in [0.717, 1.165) is 34.8 Å². The van der Waals surface area contributed by atoms with E-state index in [4.69, 9.17) is 5.73 Å². The Morgan fingerprint density at radius 1 is 1.04 bits per heavy atom. The van der Waals surface area contributed by atoms with Gasteiger partial charge >= 0.3 is 0 Å². The number of carbonyl (C=O) groups is 1. The van der Waals surface area contributed by atoms with E-state index < -0.39 is 5.91 Å². The summed E-state index contributed by atoms with van der Waals surface area (Å²) in [5.74, 6) is -0.404. The fraction of sp³-hybridized carbons (Fsp3) is 0.208. The maximum absolute atomic E-state index is 12.0. The summed E-state index contributed by atoms with van der Waals surface area (Å²) < 4.78 is 2.28. The second-order valence-electron chi connectivity index (χ2n) is 7.27. The highest BCUT2D eigenvalue weighted by Gasteiger charge is 2.17. The van der Waals surface area contributed by atoms with E-state index in [1.807, 2.05) is 12.1 Å². The molecule has 4 aromatic rings.